The first-order valence-corrected chi connectivity index (χ1v) is 7.37. The van der Waals surface area contributed by atoms with Crippen molar-refractivity contribution in [3.05, 3.63) is 71.3 Å². The molecule has 1 amide bonds. The molecule has 0 atom stereocenters. The Morgan fingerprint density at radius 2 is 1.38 bits per heavy atom. The zero-order valence-electron chi connectivity index (χ0n) is 12.6. The standard InChI is InChI=1S/C19H21NO/c1-3-20(4-2)19(21)18-14-12-17(13-15-18)11-10-16-8-6-5-7-9-16/h5-15H,3-4H2,1-2H3/b11-10+. The van der Waals surface area contributed by atoms with Crippen molar-refractivity contribution in [2.75, 3.05) is 13.1 Å². The number of nitrogens with zero attached hydrogens (tertiary/aromatic N) is 1. The van der Waals surface area contributed by atoms with Gasteiger partial charge in [0, 0.05) is 18.7 Å². The van der Waals surface area contributed by atoms with Gasteiger partial charge in [-0.15, -0.1) is 0 Å². The van der Waals surface area contributed by atoms with Crippen LogP contribution in [0.4, 0.5) is 0 Å². The van der Waals surface area contributed by atoms with Crippen molar-refractivity contribution in [1.29, 1.82) is 0 Å². The highest BCUT2D eigenvalue weighted by Crippen LogP contribution is 2.11. The van der Waals surface area contributed by atoms with Crippen molar-refractivity contribution in [2.45, 2.75) is 13.8 Å². The van der Waals surface area contributed by atoms with E-state index in [0.29, 0.717) is 0 Å². The Morgan fingerprint density at radius 1 is 0.857 bits per heavy atom. The Hall–Kier alpha value is -2.35. The van der Waals surface area contributed by atoms with Crippen LogP contribution in [0.15, 0.2) is 54.6 Å². The quantitative estimate of drug-likeness (QED) is 0.746. The summed E-state index contributed by atoms with van der Waals surface area (Å²) in [5.41, 5.74) is 3.01. The van der Waals surface area contributed by atoms with Crippen LogP contribution >= 0.6 is 0 Å². The maximum atomic E-state index is 12.2. The molecule has 0 aliphatic rings. The molecule has 0 saturated heterocycles. The van der Waals surface area contributed by atoms with Crippen molar-refractivity contribution in [2.24, 2.45) is 0 Å². The lowest BCUT2D eigenvalue weighted by molar-refractivity contribution is 0.0773. The fourth-order valence-electron chi connectivity index (χ4n) is 2.19. The Morgan fingerprint density at radius 3 is 1.90 bits per heavy atom. The predicted octanol–water partition coefficient (Wildman–Crippen LogP) is 4.34. The van der Waals surface area contributed by atoms with Gasteiger partial charge in [-0.2, -0.15) is 0 Å². The van der Waals surface area contributed by atoms with E-state index in [1.54, 1.807) is 0 Å². The highest BCUT2D eigenvalue weighted by Gasteiger charge is 2.11. The van der Waals surface area contributed by atoms with E-state index in [1.807, 2.05) is 61.2 Å². The molecule has 0 unspecified atom stereocenters. The van der Waals surface area contributed by atoms with Crippen molar-refractivity contribution in [1.82, 2.24) is 4.90 Å². The third kappa shape index (κ3) is 4.06. The molecule has 0 radical (unpaired) electrons. The van der Waals surface area contributed by atoms with Crippen LogP contribution in [0.5, 0.6) is 0 Å². The fraction of sp³-hybridized carbons (Fsp3) is 0.211. The van der Waals surface area contributed by atoms with Crippen molar-refractivity contribution >= 4 is 18.1 Å². The lowest BCUT2D eigenvalue weighted by Crippen LogP contribution is -2.30. The zero-order valence-corrected chi connectivity index (χ0v) is 12.6. The van der Waals surface area contributed by atoms with E-state index in [4.69, 9.17) is 0 Å². The lowest BCUT2D eigenvalue weighted by Gasteiger charge is -2.18. The van der Waals surface area contributed by atoms with Crippen molar-refractivity contribution < 1.29 is 4.79 Å². The van der Waals surface area contributed by atoms with Crippen LogP contribution in [-0.2, 0) is 0 Å². The first-order chi connectivity index (χ1) is 10.2. The Labute approximate surface area is 126 Å². The van der Waals surface area contributed by atoms with Gasteiger partial charge in [0.05, 0.1) is 0 Å². The average molecular weight is 279 g/mol. The number of carbonyl (C=O) groups excluding carboxylic acids is 1. The Bertz CT molecular complexity index is 595. The smallest absolute Gasteiger partial charge is 0.253 e. The maximum absolute atomic E-state index is 12.2. The molecule has 0 fully saturated rings. The first kappa shape index (κ1) is 15.0. The molecule has 0 spiro atoms. The van der Waals surface area contributed by atoms with E-state index in [9.17, 15) is 4.79 Å². The molecule has 0 aliphatic heterocycles. The molecule has 2 aromatic rings. The number of carbonyl (C=O) groups is 1. The van der Waals surface area contributed by atoms with Crippen LogP contribution in [0.2, 0.25) is 0 Å². The molecule has 0 aliphatic carbocycles. The molecule has 2 nitrogen and oxygen atoms in total. The Balaban J connectivity index is 2.09. The van der Waals surface area contributed by atoms with E-state index < -0.39 is 0 Å². The minimum Gasteiger partial charge on any atom is -0.339 e. The van der Waals surface area contributed by atoms with E-state index in [1.165, 1.54) is 5.56 Å². The molecule has 0 saturated carbocycles. The van der Waals surface area contributed by atoms with Gasteiger partial charge in [0.2, 0.25) is 0 Å². The van der Waals surface area contributed by atoms with E-state index >= 15 is 0 Å². The van der Waals surface area contributed by atoms with Crippen LogP contribution in [0.1, 0.15) is 35.3 Å². The Kier molecular flexibility index (Phi) is 5.33. The second kappa shape index (κ2) is 7.44. The number of benzene rings is 2. The summed E-state index contributed by atoms with van der Waals surface area (Å²) < 4.78 is 0. The van der Waals surface area contributed by atoms with Gasteiger partial charge in [-0.25, -0.2) is 0 Å². The van der Waals surface area contributed by atoms with Crippen molar-refractivity contribution in [3.63, 3.8) is 0 Å². The highest BCUT2D eigenvalue weighted by molar-refractivity contribution is 5.94. The molecule has 0 aromatic heterocycles. The third-order valence-corrected chi connectivity index (χ3v) is 3.48. The largest absolute Gasteiger partial charge is 0.339 e. The number of rotatable bonds is 5. The lowest BCUT2D eigenvalue weighted by atomic mass is 10.1. The van der Waals surface area contributed by atoms with Crippen LogP contribution < -0.4 is 0 Å². The first-order valence-electron chi connectivity index (χ1n) is 7.37. The molecule has 0 N–H and O–H groups in total. The van der Waals surface area contributed by atoms with Gasteiger partial charge >= 0.3 is 0 Å². The minimum atomic E-state index is 0.0959. The third-order valence-electron chi connectivity index (χ3n) is 3.48. The highest BCUT2D eigenvalue weighted by atomic mass is 16.2. The summed E-state index contributed by atoms with van der Waals surface area (Å²) in [6, 6.07) is 17.9. The average Bonchev–Trinajstić information content (AvgIpc) is 2.55. The summed E-state index contributed by atoms with van der Waals surface area (Å²) >= 11 is 0. The second-order valence-electron chi connectivity index (χ2n) is 4.84. The van der Waals surface area contributed by atoms with Gasteiger partial charge in [0.1, 0.15) is 0 Å². The number of hydrogen-bond donors (Lipinski definition) is 0. The molecule has 2 heteroatoms. The predicted molar refractivity (Wildman–Crippen MR) is 89.1 cm³/mol. The minimum absolute atomic E-state index is 0.0959. The van der Waals surface area contributed by atoms with Gasteiger partial charge in [-0.3, -0.25) is 4.79 Å². The summed E-state index contributed by atoms with van der Waals surface area (Å²) in [5, 5.41) is 0. The molecule has 0 bridgehead atoms. The van der Waals surface area contributed by atoms with Gasteiger partial charge < -0.3 is 4.90 Å². The number of hydrogen-bond acceptors (Lipinski definition) is 1. The molecule has 2 aromatic carbocycles. The molecule has 2 rings (SSSR count). The fourth-order valence-corrected chi connectivity index (χ4v) is 2.19. The summed E-state index contributed by atoms with van der Waals surface area (Å²) in [6.45, 7) is 5.48. The summed E-state index contributed by atoms with van der Waals surface area (Å²) in [6.07, 6.45) is 4.13. The van der Waals surface area contributed by atoms with E-state index in [2.05, 4.69) is 24.3 Å². The SMILES string of the molecule is CCN(CC)C(=O)c1ccc(/C=C/c2ccccc2)cc1. The number of amides is 1. The molecule has 21 heavy (non-hydrogen) atoms. The van der Waals surface area contributed by atoms with Gasteiger partial charge in [-0.05, 0) is 37.1 Å². The maximum Gasteiger partial charge on any atom is 0.253 e. The van der Waals surface area contributed by atoms with Crippen LogP contribution in [0.25, 0.3) is 12.2 Å². The van der Waals surface area contributed by atoms with E-state index in [0.717, 1.165) is 24.2 Å². The summed E-state index contributed by atoms with van der Waals surface area (Å²) in [5.74, 6) is 0.0959. The van der Waals surface area contributed by atoms with Crippen molar-refractivity contribution in [3.8, 4) is 0 Å². The monoisotopic (exact) mass is 279 g/mol. The molecular weight excluding hydrogens is 258 g/mol. The van der Waals surface area contributed by atoms with Gasteiger partial charge in [0.15, 0.2) is 0 Å². The summed E-state index contributed by atoms with van der Waals surface area (Å²) in [4.78, 5) is 14.0. The van der Waals surface area contributed by atoms with Crippen LogP contribution in [-0.4, -0.2) is 23.9 Å². The second-order valence-corrected chi connectivity index (χ2v) is 4.84. The van der Waals surface area contributed by atoms with E-state index in [-0.39, 0.29) is 5.91 Å². The molecule has 0 heterocycles. The molecular formula is C19H21NO. The van der Waals surface area contributed by atoms with Gasteiger partial charge in [0.25, 0.3) is 5.91 Å². The van der Waals surface area contributed by atoms with Gasteiger partial charge in [-0.1, -0.05) is 54.6 Å². The summed E-state index contributed by atoms with van der Waals surface area (Å²) in [7, 11) is 0. The van der Waals surface area contributed by atoms with Crippen LogP contribution in [0, 0.1) is 0 Å². The van der Waals surface area contributed by atoms with Crippen LogP contribution in [0.3, 0.4) is 0 Å². The zero-order chi connectivity index (χ0) is 15.1. The molecule has 108 valence electrons. The normalized spacial score (nSPS) is 10.8. The topological polar surface area (TPSA) is 20.3 Å².